The summed E-state index contributed by atoms with van der Waals surface area (Å²) >= 11 is 0. The van der Waals surface area contributed by atoms with Gasteiger partial charge in [-0.3, -0.25) is 10.1 Å². The van der Waals surface area contributed by atoms with E-state index in [2.05, 4.69) is 4.98 Å². The van der Waals surface area contributed by atoms with Gasteiger partial charge >= 0.3 is 0 Å². The lowest BCUT2D eigenvalue weighted by molar-refractivity contribution is -0.560. The maximum absolute atomic E-state index is 10.9. The molecule has 0 radical (unpaired) electrons. The molecule has 1 heterocycles. The van der Waals surface area contributed by atoms with Crippen LogP contribution in [0.3, 0.4) is 0 Å². The Balaban J connectivity index is 2.51. The average Bonchev–Trinajstić information content (AvgIpc) is 2.70. The largest absolute Gasteiger partial charge is 0.508 e. The summed E-state index contributed by atoms with van der Waals surface area (Å²) in [5, 5.41) is 21.7. The van der Waals surface area contributed by atoms with Crippen LogP contribution in [-0.2, 0) is 6.42 Å². The van der Waals surface area contributed by atoms with Crippen molar-refractivity contribution in [2.24, 2.45) is 0 Å². The van der Waals surface area contributed by atoms with Crippen molar-refractivity contribution >= 4 is 10.9 Å². The minimum absolute atomic E-state index is 0.0925. The lowest BCUT2D eigenvalue weighted by Gasteiger charge is -2.16. The molecule has 0 amide bonds. The molecule has 5 heteroatoms. The lowest BCUT2D eigenvalue weighted by atomic mass is 9.94. The van der Waals surface area contributed by atoms with Crippen molar-refractivity contribution in [3.05, 3.63) is 40.1 Å². The van der Waals surface area contributed by atoms with Gasteiger partial charge in [-0.05, 0) is 23.6 Å². The zero-order valence-corrected chi connectivity index (χ0v) is 9.73. The van der Waals surface area contributed by atoms with Gasteiger partial charge in [-0.15, -0.1) is 0 Å². The molecule has 0 unspecified atom stereocenters. The number of benzene rings is 1. The lowest BCUT2D eigenvalue weighted by Crippen LogP contribution is -2.33. The third-order valence-corrected chi connectivity index (χ3v) is 2.91. The number of aromatic nitrogens is 1. The molecule has 17 heavy (non-hydrogen) atoms. The van der Waals surface area contributed by atoms with Crippen LogP contribution in [0, 0.1) is 10.1 Å². The molecule has 0 atom stereocenters. The molecular weight excluding hydrogens is 220 g/mol. The average molecular weight is 234 g/mol. The highest BCUT2D eigenvalue weighted by Gasteiger charge is 2.32. The van der Waals surface area contributed by atoms with Crippen LogP contribution < -0.4 is 0 Å². The number of aromatic hydroxyl groups is 1. The predicted molar refractivity (Wildman–Crippen MR) is 64.7 cm³/mol. The summed E-state index contributed by atoms with van der Waals surface area (Å²) in [7, 11) is 0. The van der Waals surface area contributed by atoms with E-state index in [1.807, 2.05) is 6.07 Å². The van der Waals surface area contributed by atoms with Gasteiger partial charge in [-0.2, -0.15) is 0 Å². The number of rotatable bonds is 3. The number of nitrogens with zero attached hydrogens (tertiary/aromatic N) is 1. The van der Waals surface area contributed by atoms with E-state index in [1.165, 1.54) is 0 Å². The quantitative estimate of drug-likeness (QED) is 0.632. The smallest absolute Gasteiger partial charge is 0.221 e. The third-order valence-electron chi connectivity index (χ3n) is 2.91. The first-order chi connectivity index (χ1) is 7.92. The molecule has 0 aliphatic carbocycles. The fraction of sp³-hybridized carbons (Fsp3) is 0.333. The Bertz CT molecular complexity index is 572. The molecule has 0 bridgehead atoms. The second kappa shape index (κ2) is 3.76. The van der Waals surface area contributed by atoms with Crippen molar-refractivity contribution in [1.82, 2.24) is 4.98 Å². The molecule has 0 fully saturated rings. The summed E-state index contributed by atoms with van der Waals surface area (Å²) in [6, 6.07) is 5.22. The van der Waals surface area contributed by atoms with E-state index >= 15 is 0 Å². The van der Waals surface area contributed by atoms with E-state index in [0.29, 0.717) is 5.56 Å². The molecular formula is C12H14N2O3. The van der Waals surface area contributed by atoms with Gasteiger partial charge in [0, 0.05) is 37.0 Å². The highest BCUT2D eigenvalue weighted by molar-refractivity contribution is 5.84. The molecule has 2 N–H and O–H groups in total. The zero-order valence-electron chi connectivity index (χ0n) is 9.73. The van der Waals surface area contributed by atoms with Gasteiger partial charge in [0.05, 0.1) is 5.52 Å². The number of fused-ring (bicyclic) bond motifs is 1. The first-order valence-corrected chi connectivity index (χ1v) is 5.34. The Labute approximate surface area is 98.2 Å². The number of phenolic OH excluding ortho intramolecular Hbond substituents is 1. The van der Waals surface area contributed by atoms with Gasteiger partial charge < -0.3 is 10.1 Å². The topological polar surface area (TPSA) is 79.2 Å². The number of hydrogen-bond acceptors (Lipinski definition) is 3. The van der Waals surface area contributed by atoms with Gasteiger partial charge in [-0.1, -0.05) is 0 Å². The summed E-state index contributed by atoms with van der Waals surface area (Å²) in [5.74, 6) is 0.0925. The normalized spacial score (nSPS) is 11.9. The van der Waals surface area contributed by atoms with Crippen molar-refractivity contribution in [2.75, 3.05) is 0 Å². The van der Waals surface area contributed by atoms with Crippen molar-refractivity contribution in [1.29, 1.82) is 0 Å². The van der Waals surface area contributed by atoms with Gasteiger partial charge in [0.25, 0.3) is 0 Å². The number of nitro groups is 1. The first kappa shape index (κ1) is 11.4. The Morgan fingerprint density at radius 2 is 2.12 bits per heavy atom. The molecule has 0 spiro atoms. The van der Waals surface area contributed by atoms with E-state index in [-0.39, 0.29) is 17.1 Å². The predicted octanol–water partition coefficient (Wildman–Crippen LogP) is 2.47. The van der Waals surface area contributed by atoms with E-state index in [4.69, 9.17) is 0 Å². The summed E-state index contributed by atoms with van der Waals surface area (Å²) in [6.07, 6.45) is 1.94. The standard InChI is InChI=1S/C12H14N2O3/c1-12(2,14(16)17)7-9-10(15)4-3-8-5-6-13-11(8)9/h3-6,13,15H,7H2,1-2H3. The molecule has 0 aliphatic rings. The van der Waals surface area contributed by atoms with E-state index < -0.39 is 5.54 Å². The van der Waals surface area contributed by atoms with Gasteiger partial charge in [0.2, 0.25) is 5.54 Å². The zero-order chi connectivity index (χ0) is 12.6. The second-order valence-electron chi connectivity index (χ2n) is 4.75. The van der Waals surface area contributed by atoms with E-state index in [1.54, 1.807) is 32.2 Å². The summed E-state index contributed by atoms with van der Waals surface area (Å²) in [6.45, 7) is 3.10. The second-order valence-corrected chi connectivity index (χ2v) is 4.75. The molecule has 0 aliphatic heterocycles. The maximum Gasteiger partial charge on any atom is 0.221 e. The van der Waals surface area contributed by atoms with Crippen molar-refractivity contribution in [2.45, 2.75) is 25.8 Å². The molecule has 90 valence electrons. The van der Waals surface area contributed by atoms with E-state index in [9.17, 15) is 15.2 Å². The van der Waals surface area contributed by atoms with Crippen molar-refractivity contribution < 1.29 is 10.0 Å². The Kier molecular flexibility index (Phi) is 2.53. The number of H-pyrrole nitrogens is 1. The van der Waals surface area contributed by atoms with Crippen molar-refractivity contribution in [3.63, 3.8) is 0 Å². The number of nitrogens with one attached hydrogen (secondary N) is 1. The molecule has 2 rings (SSSR count). The Morgan fingerprint density at radius 1 is 1.41 bits per heavy atom. The SMILES string of the molecule is CC(C)(Cc1c(O)ccc2cc[nH]c12)[N+](=O)[O-]. The molecule has 1 aromatic heterocycles. The van der Waals surface area contributed by atoms with Crippen LogP contribution in [-0.4, -0.2) is 20.6 Å². The fourth-order valence-electron chi connectivity index (χ4n) is 1.86. The van der Waals surface area contributed by atoms with Crippen LogP contribution in [0.5, 0.6) is 5.75 Å². The molecule has 0 saturated carbocycles. The summed E-state index contributed by atoms with van der Waals surface area (Å²) < 4.78 is 0. The number of hydrogen-bond donors (Lipinski definition) is 2. The van der Waals surface area contributed by atoms with Crippen LogP contribution in [0.15, 0.2) is 24.4 Å². The number of phenols is 1. The fourth-order valence-corrected chi connectivity index (χ4v) is 1.86. The van der Waals surface area contributed by atoms with Crippen LogP contribution in [0.2, 0.25) is 0 Å². The summed E-state index contributed by atoms with van der Waals surface area (Å²) in [5.41, 5.74) is 0.255. The van der Waals surface area contributed by atoms with E-state index in [0.717, 1.165) is 10.9 Å². The highest BCUT2D eigenvalue weighted by Crippen LogP contribution is 2.30. The molecule has 5 nitrogen and oxygen atoms in total. The van der Waals surface area contributed by atoms with Gasteiger partial charge in [0.15, 0.2) is 0 Å². The van der Waals surface area contributed by atoms with Crippen LogP contribution in [0.1, 0.15) is 19.4 Å². The molecule has 0 saturated heterocycles. The van der Waals surface area contributed by atoms with Crippen molar-refractivity contribution in [3.8, 4) is 5.75 Å². The maximum atomic E-state index is 10.9. The third kappa shape index (κ3) is 1.95. The molecule has 1 aromatic carbocycles. The first-order valence-electron chi connectivity index (χ1n) is 5.34. The monoisotopic (exact) mass is 234 g/mol. The number of aromatic amines is 1. The highest BCUT2D eigenvalue weighted by atomic mass is 16.6. The Hall–Kier alpha value is -2.04. The summed E-state index contributed by atoms with van der Waals surface area (Å²) in [4.78, 5) is 13.6. The Morgan fingerprint density at radius 3 is 2.76 bits per heavy atom. The molecule has 2 aromatic rings. The van der Waals surface area contributed by atoms with Crippen LogP contribution >= 0.6 is 0 Å². The minimum Gasteiger partial charge on any atom is -0.508 e. The minimum atomic E-state index is -1.10. The van der Waals surface area contributed by atoms with Crippen LogP contribution in [0.4, 0.5) is 0 Å². The van der Waals surface area contributed by atoms with Gasteiger partial charge in [0.1, 0.15) is 5.75 Å². The van der Waals surface area contributed by atoms with Gasteiger partial charge in [-0.25, -0.2) is 0 Å². The van der Waals surface area contributed by atoms with Crippen LogP contribution in [0.25, 0.3) is 10.9 Å².